The molecule has 0 radical (unpaired) electrons. The lowest BCUT2D eigenvalue weighted by atomic mass is 9.98. The van der Waals surface area contributed by atoms with Gasteiger partial charge in [0.15, 0.2) is 0 Å². The SMILES string of the molecule is CCCCCCCCCCCc1cc(-c2ccc(OCC(O)CO)cc2)ccc1OCC(O)CO. The Bertz CT molecular complexity index is 807. The van der Waals surface area contributed by atoms with Crippen LogP contribution in [-0.4, -0.2) is 59.1 Å². The highest BCUT2D eigenvalue weighted by molar-refractivity contribution is 5.66. The van der Waals surface area contributed by atoms with Gasteiger partial charge in [-0.3, -0.25) is 0 Å². The Balaban J connectivity index is 1.97. The third kappa shape index (κ3) is 11.4. The van der Waals surface area contributed by atoms with Crippen molar-refractivity contribution in [3.63, 3.8) is 0 Å². The van der Waals surface area contributed by atoms with E-state index in [1.165, 1.54) is 51.4 Å². The predicted octanol–water partition coefficient (Wildman–Crippen LogP) is 4.89. The van der Waals surface area contributed by atoms with Crippen molar-refractivity contribution in [1.29, 1.82) is 0 Å². The molecule has 2 aromatic rings. The van der Waals surface area contributed by atoms with E-state index in [2.05, 4.69) is 13.0 Å². The molecule has 6 heteroatoms. The first kappa shape index (κ1) is 29.1. The van der Waals surface area contributed by atoms with Crippen LogP contribution in [0.1, 0.15) is 70.3 Å². The Morgan fingerprint density at radius 1 is 0.657 bits per heavy atom. The van der Waals surface area contributed by atoms with Crippen LogP contribution in [0.5, 0.6) is 11.5 Å². The first-order chi connectivity index (χ1) is 17.1. The molecular formula is C29H44O6. The fourth-order valence-corrected chi connectivity index (χ4v) is 3.95. The summed E-state index contributed by atoms with van der Waals surface area (Å²) in [6, 6.07) is 13.7. The summed E-state index contributed by atoms with van der Waals surface area (Å²) in [6.45, 7) is 1.70. The second kappa shape index (κ2) is 17.3. The molecule has 0 heterocycles. The first-order valence-corrected chi connectivity index (χ1v) is 13.1. The zero-order valence-corrected chi connectivity index (χ0v) is 21.2. The molecule has 0 amide bonds. The van der Waals surface area contributed by atoms with Gasteiger partial charge >= 0.3 is 0 Å². The number of hydrogen-bond donors (Lipinski definition) is 4. The van der Waals surface area contributed by atoms with Crippen molar-refractivity contribution < 1.29 is 29.9 Å². The summed E-state index contributed by atoms with van der Waals surface area (Å²) in [5, 5.41) is 37.2. The number of hydrogen-bond acceptors (Lipinski definition) is 6. The normalized spacial score (nSPS) is 12.9. The smallest absolute Gasteiger partial charge is 0.122 e. The van der Waals surface area contributed by atoms with Crippen molar-refractivity contribution in [2.24, 2.45) is 0 Å². The molecule has 0 saturated carbocycles. The molecule has 196 valence electrons. The second-order valence-corrected chi connectivity index (χ2v) is 9.22. The van der Waals surface area contributed by atoms with Crippen molar-refractivity contribution in [2.75, 3.05) is 26.4 Å². The molecule has 2 rings (SSSR count). The van der Waals surface area contributed by atoms with Gasteiger partial charge in [0.25, 0.3) is 0 Å². The standard InChI is InChI=1S/C29H44O6/c1-2-3-4-5-6-7-8-9-10-11-25-18-24(14-17-29(25)35-22-27(33)20-31)23-12-15-28(16-13-23)34-21-26(32)19-30/h12-18,26-27,30-33H,2-11,19-22H2,1H3. The van der Waals surface area contributed by atoms with Crippen LogP contribution in [0.15, 0.2) is 42.5 Å². The van der Waals surface area contributed by atoms with Crippen molar-refractivity contribution in [1.82, 2.24) is 0 Å². The number of aliphatic hydroxyl groups excluding tert-OH is 4. The molecule has 0 saturated heterocycles. The van der Waals surface area contributed by atoms with Gasteiger partial charge in [0.05, 0.1) is 13.2 Å². The predicted molar refractivity (Wildman–Crippen MR) is 140 cm³/mol. The van der Waals surface area contributed by atoms with Crippen molar-refractivity contribution >= 4 is 0 Å². The van der Waals surface area contributed by atoms with Gasteiger partial charge in [0.1, 0.15) is 36.9 Å². The fraction of sp³-hybridized carbons (Fsp3) is 0.586. The van der Waals surface area contributed by atoms with E-state index in [1.54, 1.807) is 0 Å². The van der Waals surface area contributed by atoms with Gasteiger partial charge in [-0.1, -0.05) is 76.5 Å². The summed E-state index contributed by atoms with van der Waals surface area (Å²) in [4.78, 5) is 0. The molecule has 0 aliphatic carbocycles. The van der Waals surface area contributed by atoms with Crippen molar-refractivity contribution in [3.05, 3.63) is 48.0 Å². The number of ether oxygens (including phenoxy) is 2. The molecular weight excluding hydrogens is 444 g/mol. The van der Waals surface area contributed by atoms with E-state index >= 15 is 0 Å². The van der Waals surface area contributed by atoms with E-state index in [1.807, 2.05) is 36.4 Å². The Morgan fingerprint density at radius 3 is 1.80 bits per heavy atom. The molecule has 2 aromatic carbocycles. The highest BCUT2D eigenvalue weighted by Crippen LogP contribution is 2.29. The maximum absolute atomic E-state index is 9.70. The Labute approximate surface area is 210 Å². The van der Waals surface area contributed by atoms with Gasteiger partial charge in [-0.2, -0.15) is 0 Å². The lowest BCUT2D eigenvalue weighted by Crippen LogP contribution is -2.21. The minimum Gasteiger partial charge on any atom is -0.491 e. The number of aliphatic hydroxyl groups is 4. The minimum absolute atomic E-state index is 0.0461. The second-order valence-electron chi connectivity index (χ2n) is 9.22. The van der Waals surface area contributed by atoms with Gasteiger partial charge in [0.2, 0.25) is 0 Å². The van der Waals surface area contributed by atoms with E-state index in [4.69, 9.17) is 19.7 Å². The number of unbranched alkanes of at least 4 members (excludes halogenated alkanes) is 8. The lowest BCUT2D eigenvalue weighted by molar-refractivity contribution is 0.0533. The maximum Gasteiger partial charge on any atom is 0.122 e. The zero-order chi connectivity index (χ0) is 25.3. The Kier molecular flexibility index (Phi) is 14.4. The van der Waals surface area contributed by atoms with E-state index in [0.717, 1.165) is 35.3 Å². The molecule has 2 atom stereocenters. The minimum atomic E-state index is -0.896. The van der Waals surface area contributed by atoms with Crippen LogP contribution in [-0.2, 0) is 6.42 Å². The van der Waals surface area contributed by atoms with Crippen LogP contribution in [0.3, 0.4) is 0 Å². The zero-order valence-electron chi connectivity index (χ0n) is 21.2. The topological polar surface area (TPSA) is 99.4 Å². The van der Waals surface area contributed by atoms with Crippen LogP contribution in [0, 0.1) is 0 Å². The summed E-state index contributed by atoms with van der Waals surface area (Å²) < 4.78 is 11.3. The molecule has 4 N–H and O–H groups in total. The molecule has 0 bridgehead atoms. The van der Waals surface area contributed by atoms with E-state index in [0.29, 0.717) is 5.75 Å². The van der Waals surface area contributed by atoms with Crippen molar-refractivity contribution in [3.8, 4) is 22.6 Å². The van der Waals surface area contributed by atoms with Crippen LogP contribution in [0.25, 0.3) is 11.1 Å². The quantitative estimate of drug-likeness (QED) is 0.210. The first-order valence-electron chi connectivity index (χ1n) is 13.1. The number of benzene rings is 2. The summed E-state index contributed by atoms with van der Waals surface area (Å²) in [7, 11) is 0. The van der Waals surface area contributed by atoms with Crippen molar-refractivity contribution in [2.45, 2.75) is 83.3 Å². The average Bonchev–Trinajstić information content (AvgIpc) is 2.89. The van der Waals surface area contributed by atoms with Gasteiger partial charge in [-0.05, 0) is 53.8 Å². The highest BCUT2D eigenvalue weighted by Gasteiger charge is 2.10. The number of rotatable bonds is 19. The van der Waals surface area contributed by atoms with Gasteiger partial charge < -0.3 is 29.9 Å². The van der Waals surface area contributed by atoms with Gasteiger partial charge in [0, 0.05) is 0 Å². The largest absolute Gasteiger partial charge is 0.491 e. The van der Waals surface area contributed by atoms with Gasteiger partial charge in [-0.25, -0.2) is 0 Å². The third-order valence-corrected chi connectivity index (χ3v) is 6.09. The summed E-state index contributed by atoms with van der Waals surface area (Å²) in [5.41, 5.74) is 3.20. The van der Waals surface area contributed by atoms with Crippen LogP contribution in [0.2, 0.25) is 0 Å². The van der Waals surface area contributed by atoms with Crippen LogP contribution >= 0.6 is 0 Å². The summed E-state index contributed by atoms with van der Waals surface area (Å²) >= 11 is 0. The Hall–Kier alpha value is -2.12. The third-order valence-electron chi connectivity index (χ3n) is 6.09. The summed E-state index contributed by atoms with van der Waals surface area (Å²) in [5.74, 6) is 1.38. The maximum atomic E-state index is 9.70. The van der Waals surface area contributed by atoms with E-state index in [-0.39, 0.29) is 26.4 Å². The molecule has 0 spiro atoms. The lowest BCUT2D eigenvalue weighted by Gasteiger charge is -2.16. The van der Waals surface area contributed by atoms with Gasteiger partial charge in [-0.15, -0.1) is 0 Å². The molecule has 0 aliphatic rings. The molecule has 35 heavy (non-hydrogen) atoms. The number of aryl methyl sites for hydroxylation is 1. The highest BCUT2D eigenvalue weighted by atomic mass is 16.5. The van der Waals surface area contributed by atoms with E-state index < -0.39 is 12.2 Å². The molecule has 0 fully saturated rings. The molecule has 0 aliphatic heterocycles. The van der Waals surface area contributed by atoms with E-state index in [9.17, 15) is 10.2 Å². The monoisotopic (exact) mass is 488 g/mol. The van der Waals surface area contributed by atoms with Crippen LogP contribution in [0.4, 0.5) is 0 Å². The molecule has 2 unspecified atom stereocenters. The Morgan fingerprint density at radius 2 is 1.20 bits per heavy atom. The molecule has 6 nitrogen and oxygen atoms in total. The fourth-order valence-electron chi connectivity index (χ4n) is 3.95. The molecule has 0 aromatic heterocycles. The van der Waals surface area contributed by atoms with Crippen LogP contribution < -0.4 is 9.47 Å². The summed E-state index contributed by atoms with van der Waals surface area (Å²) in [6.07, 6.45) is 10.5. The average molecular weight is 489 g/mol.